The van der Waals surface area contributed by atoms with Crippen molar-refractivity contribution in [2.75, 3.05) is 13.2 Å². The van der Waals surface area contributed by atoms with Gasteiger partial charge in [-0.1, -0.05) is 12.1 Å². The standard InChI is InChI=1S/C14H26N4O/c1-4-6-15-13(14-10-16-17-18(14)3)9-11-7-12(8-11)19-5-2/h10-13,15H,4-9H2,1-3H3. The number of aryl methyl sites for hydroxylation is 1. The second kappa shape index (κ2) is 7.01. The fourth-order valence-corrected chi connectivity index (χ4v) is 2.81. The zero-order valence-corrected chi connectivity index (χ0v) is 12.3. The van der Waals surface area contributed by atoms with Crippen molar-refractivity contribution in [3.8, 4) is 0 Å². The van der Waals surface area contributed by atoms with E-state index >= 15 is 0 Å². The number of nitrogens with zero attached hydrogens (tertiary/aromatic N) is 3. The Morgan fingerprint density at radius 1 is 1.47 bits per heavy atom. The smallest absolute Gasteiger partial charge is 0.0753 e. The van der Waals surface area contributed by atoms with Crippen LogP contribution >= 0.6 is 0 Å². The molecule has 1 unspecified atom stereocenters. The van der Waals surface area contributed by atoms with Gasteiger partial charge in [0.2, 0.25) is 0 Å². The van der Waals surface area contributed by atoms with E-state index in [0.717, 1.165) is 31.9 Å². The predicted octanol–water partition coefficient (Wildman–Crippen LogP) is 2.06. The molecule has 5 heteroatoms. The van der Waals surface area contributed by atoms with Gasteiger partial charge >= 0.3 is 0 Å². The van der Waals surface area contributed by atoms with Gasteiger partial charge in [0.1, 0.15) is 0 Å². The van der Waals surface area contributed by atoms with Gasteiger partial charge in [-0.15, -0.1) is 5.10 Å². The molecule has 0 aromatic carbocycles. The van der Waals surface area contributed by atoms with Crippen molar-refractivity contribution >= 4 is 0 Å². The molecule has 1 aromatic rings. The lowest BCUT2D eigenvalue weighted by molar-refractivity contribution is -0.0293. The van der Waals surface area contributed by atoms with Crippen molar-refractivity contribution in [1.29, 1.82) is 0 Å². The highest BCUT2D eigenvalue weighted by atomic mass is 16.5. The molecule has 0 saturated heterocycles. The molecular weight excluding hydrogens is 240 g/mol. The van der Waals surface area contributed by atoms with Gasteiger partial charge in [0.05, 0.1) is 24.0 Å². The molecule has 1 saturated carbocycles. The van der Waals surface area contributed by atoms with Crippen LogP contribution in [0, 0.1) is 5.92 Å². The molecule has 2 rings (SSSR count). The molecule has 1 fully saturated rings. The van der Waals surface area contributed by atoms with E-state index in [-0.39, 0.29) is 0 Å². The summed E-state index contributed by atoms with van der Waals surface area (Å²) in [6.45, 7) is 6.14. The lowest BCUT2D eigenvalue weighted by atomic mass is 9.77. The largest absolute Gasteiger partial charge is 0.378 e. The molecule has 1 aromatic heterocycles. The first-order valence-corrected chi connectivity index (χ1v) is 7.44. The molecule has 1 aliphatic carbocycles. The van der Waals surface area contributed by atoms with Crippen LogP contribution in [0.2, 0.25) is 0 Å². The second-order valence-corrected chi connectivity index (χ2v) is 5.44. The third kappa shape index (κ3) is 3.76. The summed E-state index contributed by atoms with van der Waals surface area (Å²) < 4.78 is 7.52. The van der Waals surface area contributed by atoms with Gasteiger partial charge in [-0.05, 0) is 45.1 Å². The van der Waals surface area contributed by atoms with Crippen LogP contribution in [0.5, 0.6) is 0 Å². The van der Waals surface area contributed by atoms with Gasteiger partial charge in [-0.3, -0.25) is 4.68 Å². The van der Waals surface area contributed by atoms with Crippen molar-refractivity contribution < 1.29 is 4.74 Å². The van der Waals surface area contributed by atoms with E-state index in [9.17, 15) is 0 Å². The Morgan fingerprint density at radius 3 is 2.84 bits per heavy atom. The lowest BCUT2D eigenvalue weighted by Crippen LogP contribution is -2.35. The van der Waals surface area contributed by atoms with E-state index < -0.39 is 0 Å². The van der Waals surface area contributed by atoms with Crippen molar-refractivity contribution in [2.24, 2.45) is 13.0 Å². The third-order valence-electron chi connectivity index (χ3n) is 3.91. The second-order valence-electron chi connectivity index (χ2n) is 5.44. The number of aromatic nitrogens is 3. The van der Waals surface area contributed by atoms with E-state index in [1.165, 1.54) is 18.5 Å². The molecule has 1 aliphatic rings. The molecular formula is C14H26N4O. The summed E-state index contributed by atoms with van der Waals surface area (Å²) in [6, 6.07) is 0.368. The van der Waals surface area contributed by atoms with Crippen LogP contribution in [0.4, 0.5) is 0 Å². The monoisotopic (exact) mass is 266 g/mol. The summed E-state index contributed by atoms with van der Waals surface area (Å²) in [5.74, 6) is 0.765. The lowest BCUT2D eigenvalue weighted by Gasteiger charge is -2.37. The number of hydrogen-bond donors (Lipinski definition) is 1. The molecule has 19 heavy (non-hydrogen) atoms. The normalized spacial score (nSPS) is 24.2. The summed E-state index contributed by atoms with van der Waals surface area (Å²) in [6.07, 6.45) is 7.07. The fourth-order valence-electron chi connectivity index (χ4n) is 2.81. The molecule has 0 radical (unpaired) electrons. The van der Waals surface area contributed by atoms with Crippen LogP contribution in [0.3, 0.4) is 0 Å². The van der Waals surface area contributed by atoms with Crippen LogP contribution in [-0.4, -0.2) is 34.2 Å². The Labute approximate surface area is 115 Å². The molecule has 108 valence electrons. The minimum absolute atomic E-state index is 0.368. The van der Waals surface area contributed by atoms with E-state index in [0.29, 0.717) is 12.1 Å². The molecule has 1 atom stereocenters. The summed E-state index contributed by atoms with van der Waals surface area (Å²) >= 11 is 0. The zero-order chi connectivity index (χ0) is 13.7. The molecule has 1 N–H and O–H groups in total. The first kappa shape index (κ1) is 14.5. The first-order valence-electron chi connectivity index (χ1n) is 7.44. The van der Waals surface area contributed by atoms with Gasteiger partial charge in [0.25, 0.3) is 0 Å². The Bertz CT molecular complexity index is 373. The Kier molecular flexibility index (Phi) is 5.34. The van der Waals surface area contributed by atoms with E-state index in [2.05, 4.69) is 29.5 Å². The van der Waals surface area contributed by atoms with Crippen molar-refractivity contribution in [1.82, 2.24) is 20.3 Å². The predicted molar refractivity (Wildman–Crippen MR) is 74.8 cm³/mol. The van der Waals surface area contributed by atoms with E-state index in [4.69, 9.17) is 4.74 Å². The molecule has 0 amide bonds. The van der Waals surface area contributed by atoms with Crippen molar-refractivity contribution in [3.05, 3.63) is 11.9 Å². The zero-order valence-electron chi connectivity index (χ0n) is 12.3. The molecule has 0 bridgehead atoms. The van der Waals surface area contributed by atoms with Crippen LogP contribution in [0.1, 0.15) is 51.3 Å². The maximum Gasteiger partial charge on any atom is 0.0753 e. The SMILES string of the molecule is CCCNC(CC1CC(OCC)C1)c1cnnn1C. The van der Waals surface area contributed by atoms with E-state index in [1.807, 2.05) is 17.9 Å². The molecule has 1 heterocycles. The Balaban J connectivity index is 1.87. The quantitative estimate of drug-likeness (QED) is 0.782. The minimum atomic E-state index is 0.368. The fraction of sp³-hybridized carbons (Fsp3) is 0.857. The molecule has 0 spiro atoms. The number of ether oxygens (including phenoxy) is 1. The van der Waals surface area contributed by atoms with Gasteiger partial charge in [-0.2, -0.15) is 0 Å². The van der Waals surface area contributed by atoms with Gasteiger partial charge < -0.3 is 10.1 Å². The summed E-state index contributed by atoms with van der Waals surface area (Å²) in [5, 5.41) is 11.7. The van der Waals surface area contributed by atoms with Gasteiger partial charge in [0, 0.05) is 13.7 Å². The van der Waals surface area contributed by atoms with Gasteiger partial charge in [-0.25, -0.2) is 0 Å². The number of nitrogens with one attached hydrogen (secondary N) is 1. The Morgan fingerprint density at radius 2 is 2.26 bits per heavy atom. The summed E-state index contributed by atoms with van der Waals surface area (Å²) in [7, 11) is 1.97. The molecule has 0 aliphatic heterocycles. The minimum Gasteiger partial charge on any atom is -0.378 e. The highest BCUT2D eigenvalue weighted by molar-refractivity contribution is 5.03. The maximum atomic E-state index is 5.63. The van der Waals surface area contributed by atoms with E-state index in [1.54, 1.807) is 0 Å². The summed E-state index contributed by atoms with van der Waals surface area (Å²) in [4.78, 5) is 0. The van der Waals surface area contributed by atoms with Crippen LogP contribution in [0.25, 0.3) is 0 Å². The highest BCUT2D eigenvalue weighted by Crippen LogP contribution is 2.36. The summed E-state index contributed by atoms with van der Waals surface area (Å²) in [5.41, 5.74) is 1.19. The third-order valence-corrected chi connectivity index (χ3v) is 3.91. The molecule has 5 nitrogen and oxygen atoms in total. The van der Waals surface area contributed by atoms with Crippen LogP contribution in [-0.2, 0) is 11.8 Å². The first-order chi connectivity index (χ1) is 9.24. The average molecular weight is 266 g/mol. The highest BCUT2D eigenvalue weighted by Gasteiger charge is 2.32. The van der Waals surface area contributed by atoms with Crippen LogP contribution < -0.4 is 5.32 Å². The Hall–Kier alpha value is -0.940. The average Bonchev–Trinajstić information content (AvgIpc) is 2.77. The van der Waals surface area contributed by atoms with Crippen molar-refractivity contribution in [3.63, 3.8) is 0 Å². The topological polar surface area (TPSA) is 52.0 Å². The van der Waals surface area contributed by atoms with Crippen LogP contribution in [0.15, 0.2) is 6.20 Å². The number of hydrogen-bond acceptors (Lipinski definition) is 4. The maximum absolute atomic E-state index is 5.63. The van der Waals surface area contributed by atoms with Crippen molar-refractivity contribution in [2.45, 2.75) is 51.7 Å². The van der Waals surface area contributed by atoms with Gasteiger partial charge in [0.15, 0.2) is 0 Å². The number of rotatable bonds is 8.